The minimum Gasteiger partial charge on any atom is -0.423 e. The number of carbonyl (C=O) groups excluding carboxylic acids is 3. The maximum Gasteiger partial charge on any atom is 0.343 e. The predicted molar refractivity (Wildman–Crippen MR) is 84.1 cm³/mol. The van der Waals surface area contributed by atoms with Crippen LogP contribution in [0.15, 0.2) is 42.5 Å². The van der Waals surface area contributed by atoms with Crippen molar-refractivity contribution < 1.29 is 23.5 Å². The molecule has 0 aliphatic carbocycles. The summed E-state index contributed by atoms with van der Waals surface area (Å²) < 4.78 is 18.6. The maximum atomic E-state index is 13.5. The Morgan fingerprint density at radius 1 is 1.12 bits per heavy atom. The van der Waals surface area contributed by atoms with Gasteiger partial charge in [-0.1, -0.05) is 12.1 Å². The number of hydrogen-bond acceptors (Lipinski definition) is 4. The summed E-state index contributed by atoms with van der Waals surface area (Å²) in [5, 5.41) is 2.32. The van der Waals surface area contributed by atoms with Crippen LogP contribution < -0.4 is 15.8 Å². The number of hydrogen-bond donors (Lipinski definition) is 2. The standard InChI is InChI=1S/C17H15FN2O4/c1-10-5-6-12(8-14(10)18)17(23)24-13-4-2-3-11(7-13)16(22)20-9-15(19)21/h2-8H,9H2,1H3,(H2,19,21)(H,20,22). The highest BCUT2D eigenvalue weighted by Crippen LogP contribution is 2.16. The van der Waals surface area contributed by atoms with Crippen molar-refractivity contribution in [2.75, 3.05) is 6.54 Å². The van der Waals surface area contributed by atoms with E-state index in [1.54, 1.807) is 6.92 Å². The van der Waals surface area contributed by atoms with Gasteiger partial charge >= 0.3 is 5.97 Å². The molecule has 2 rings (SSSR count). The van der Waals surface area contributed by atoms with E-state index in [1.807, 2.05) is 0 Å². The summed E-state index contributed by atoms with van der Waals surface area (Å²) in [5.41, 5.74) is 5.61. The molecule has 2 amide bonds. The molecule has 24 heavy (non-hydrogen) atoms. The van der Waals surface area contributed by atoms with Crippen LogP contribution in [0.3, 0.4) is 0 Å². The molecule has 2 aromatic carbocycles. The Morgan fingerprint density at radius 3 is 2.54 bits per heavy atom. The van der Waals surface area contributed by atoms with Crippen LogP contribution in [0, 0.1) is 12.7 Å². The van der Waals surface area contributed by atoms with E-state index in [-0.39, 0.29) is 23.4 Å². The van der Waals surface area contributed by atoms with Crippen LogP contribution in [0.1, 0.15) is 26.3 Å². The van der Waals surface area contributed by atoms with E-state index in [1.165, 1.54) is 36.4 Å². The van der Waals surface area contributed by atoms with Gasteiger partial charge in [0.05, 0.1) is 12.1 Å². The Balaban J connectivity index is 2.11. The number of benzene rings is 2. The first kappa shape index (κ1) is 17.1. The number of esters is 1. The molecule has 6 nitrogen and oxygen atoms in total. The van der Waals surface area contributed by atoms with Crippen LogP contribution in [0.4, 0.5) is 4.39 Å². The van der Waals surface area contributed by atoms with Gasteiger partial charge in [-0.2, -0.15) is 0 Å². The molecule has 0 radical (unpaired) electrons. The van der Waals surface area contributed by atoms with Gasteiger partial charge in [-0.05, 0) is 42.8 Å². The topological polar surface area (TPSA) is 98.5 Å². The second kappa shape index (κ2) is 7.36. The van der Waals surface area contributed by atoms with Crippen molar-refractivity contribution in [1.29, 1.82) is 0 Å². The smallest absolute Gasteiger partial charge is 0.343 e. The number of primary amides is 1. The number of nitrogens with one attached hydrogen (secondary N) is 1. The minimum atomic E-state index is -0.747. The Bertz CT molecular complexity index is 805. The van der Waals surface area contributed by atoms with Crippen molar-refractivity contribution in [3.63, 3.8) is 0 Å². The van der Waals surface area contributed by atoms with Gasteiger partial charge in [0.2, 0.25) is 5.91 Å². The molecule has 0 unspecified atom stereocenters. The number of aryl methyl sites for hydroxylation is 1. The van der Waals surface area contributed by atoms with Crippen molar-refractivity contribution in [3.8, 4) is 5.75 Å². The third-order valence-corrected chi connectivity index (χ3v) is 3.14. The molecule has 124 valence electrons. The molecular weight excluding hydrogens is 315 g/mol. The monoisotopic (exact) mass is 330 g/mol. The van der Waals surface area contributed by atoms with Crippen LogP contribution in [0.2, 0.25) is 0 Å². The zero-order valence-electron chi connectivity index (χ0n) is 12.8. The lowest BCUT2D eigenvalue weighted by atomic mass is 10.1. The molecule has 7 heteroatoms. The number of ether oxygens (including phenoxy) is 1. The third-order valence-electron chi connectivity index (χ3n) is 3.14. The summed E-state index contributed by atoms with van der Waals surface area (Å²) in [6.45, 7) is 1.28. The predicted octanol–water partition coefficient (Wildman–Crippen LogP) is 1.57. The highest BCUT2D eigenvalue weighted by Gasteiger charge is 2.13. The first-order valence-corrected chi connectivity index (χ1v) is 7.01. The highest BCUT2D eigenvalue weighted by molar-refractivity contribution is 5.97. The molecule has 0 saturated carbocycles. The lowest BCUT2D eigenvalue weighted by Crippen LogP contribution is -2.33. The van der Waals surface area contributed by atoms with E-state index < -0.39 is 23.6 Å². The average Bonchev–Trinajstić information content (AvgIpc) is 2.55. The molecular formula is C17H15FN2O4. The van der Waals surface area contributed by atoms with E-state index in [9.17, 15) is 18.8 Å². The van der Waals surface area contributed by atoms with Gasteiger partial charge in [-0.15, -0.1) is 0 Å². The lowest BCUT2D eigenvalue weighted by molar-refractivity contribution is -0.117. The van der Waals surface area contributed by atoms with E-state index >= 15 is 0 Å². The van der Waals surface area contributed by atoms with Gasteiger partial charge in [0.1, 0.15) is 11.6 Å². The molecule has 2 aromatic rings. The summed E-state index contributed by atoms with van der Waals surface area (Å²) in [6, 6.07) is 9.81. The molecule has 0 fully saturated rings. The van der Waals surface area contributed by atoms with Crippen LogP contribution in [0.5, 0.6) is 5.75 Å². The number of carbonyl (C=O) groups is 3. The van der Waals surface area contributed by atoms with Gasteiger partial charge < -0.3 is 15.8 Å². The summed E-state index contributed by atoms with van der Waals surface area (Å²) in [5.74, 6) is -2.35. The number of nitrogens with two attached hydrogens (primary N) is 1. The quantitative estimate of drug-likeness (QED) is 0.642. The van der Waals surface area contributed by atoms with Crippen molar-refractivity contribution in [2.24, 2.45) is 5.73 Å². The number of halogens is 1. The van der Waals surface area contributed by atoms with Crippen molar-refractivity contribution in [2.45, 2.75) is 6.92 Å². The van der Waals surface area contributed by atoms with Crippen molar-refractivity contribution in [1.82, 2.24) is 5.32 Å². The van der Waals surface area contributed by atoms with Crippen molar-refractivity contribution in [3.05, 3.63) is 65.0 Å². The van der Waals surface area contributed by atoms with Gasteiger partial charge in [-0.25, -0.2) is 9.18 Å². The highest BCUT2D eigenvalue weighted by atomic mass is 19.1. The molecule has 0 saturated heterocycles. The molecule has 0 spiro atoms. The molecule has 0 aliphatic rings. The average molecular weight is 330 g/mol. The van der Waals surface area contributed by atoms with Crippen LogP contribution in [-0.4, -0.2) is 24.3 Å². The van der Waals surface area contributed by atoms with E-state index in [0.29, 0.717) is 5.56 Å². The maximum absolute atomic E-state index is 13.5. The normalized spacial score (nSPS) is 10.1. The first-order chi connectivity index (χ1) is 11.4. The second-order valence-corrected chi connectivity index (χ2v) is 5.03. The fourth-order valence-electron chi connectivity index (χ4n) is 1.86. The van der Waals surface area contributed by atoms with Crippen molar-refractivity contribution >= 4 is 17.8 Å². The molecule has 0 atom stereocenters. The van der Waals surface area contributed by atoms with E-state index in [0.717, 1.165) is 6.07 Å². The number of rotatable bonds is 5. The second-order valence-electron chi connectivity index (χ2n) is 5.03. The third kappa shape index (κ3) is 4.39. The lowest BCUT2D eigenvalue weighted by Gasteiger charge is -2.07. The molecule has 0 heterocycles. The summed E-state index contributed by atoms with van der Waals surface area (Å²) in [6.07, 6.45) is 0. The van der Waals surface area contributed by atoms with Crippen LogP contribution in [-0.2, 0) is 4.79 Å². The molecule has 0 bridgehead atoms. The summed E-state index contributed by atoms with van der Waals surface area (Å²) in [4.78, 5) is 34.5. The zero-order chi connectivity index (χ0) is 17.7. The van der Waals surface area contributed by atoms with Crippen LogP contribution >= 0.6 is 0 Å². The van der Waals surface area contributed by atoms with Crippen LogP contribution in [0.25, 0.3) is 0 Å². The fourth-order valence-corrected chi connectivity index (χ4v) is 1.86. The molecule has 0 aliphatic heterocycles. The SMILES string of the molecule is Cc1ccc(C(=O)Oc2cccc(C(=O)NCC(N)=O)c2)cc1F. The summed E-state index contributed by atoms with van der Waals surface area (Å²) >= 11 is 0. The zero-order valence-corrected chi connectivity index (χ0v) is 12.8. The first-order valence-electron chi connectivity index (χ1n) is 7.01. The Kier molecular flexibility index (Phi) is 5.26. The molecule has 3 N–H and O–H groups in total. The van der Waals surface area contributed by atoms with Gasteiger partial charge in [-0.3, -0.25) is 9.59 Å². The largest absolute Gasteiger partial charge is 0.423 e. The number of amides is 2. The summed E-state index contributed by atoms with van der Waals surface area (Å²) in [7, 11) is 0. The Labute approximate surface area is 137 Å². The Morgan fingerprint density at radius 2 is 1.88 bits per heavy atom. The van der Waals surface area contributed by atoms with E-state index in [4.69, 9.17) is 10.5 Å². The van der Waals surface area contributed by atoms with Gasteiger partial charge in [0, 0.05) is 5.56 Å². The fraction of sp³-hybridized carbons (Fsp3) is 0.118. The van der Waals surface area contributed by atoms with Gasteiger partial charge in [0.25, 0.3) is 5.91 Å². The molecule has 0 aromatic heterocycles. The Hall–Kier alpha value is -3.22. The van der Waals surface area contributed by atoms with E-state index in [2.05, 4.69) is 5.32 Å². The van der Waals surface area contributed by atoms with Gasteiger partial charge in [0.15, 0.2) is 0 Å². The minimum absolute atomic E-state index is 0.0571.